The van der Waals surface area contributed by atoms with E-state index in [-0.39, 0.29) is 6.04 Å². The summed E-state index contributed by atoms with van der Waals surface area (Å²) < 4.78 is 0.912. The molecule has 0 fully saturated rings. The summed E-state index contributed by atoms with van der Waals surface area (Å²) in [5, 5.41) is 12.4. The Morgan fingerprint density at radius 1 is 1.64 bits per heavy atom. The van der Waals surface area contributed by atoms with E-state index in [0.29, 0.717) is 11.4 Å². The number of anilines is 1. The molecule has 0 saturated carbocycles. The Balaban J connectivity index is 2.73. The number of halogens is 2. The molecule has 74 valence electrons. The van der Waals surface area contributed by atoms with E-state index in [1.165, 1.54) is 0 Å². The topological polar surface area (TPSA) is 35.8 Å². The van der Waals surface area contributed by atoms with Crippen LogP contribution in [0.4, 0.5) is 5.69 Å². The van der Waals surface area contributed by atoms with E-state index in [9.17, 15) is 0 Å². The molecular formula is C10H10BrClN2. The number of hydrogen-bond acceptors (Lipinski definition) is 2. The van der Waals surface area contributed by atoms with Crippen molar-refractivity contribution in [1.82, 2.24) is 0 Å². The fourth-order valence-electron chi connectivity index (χ4n) is 1.06. The molecule has 1 N–H and O–H groups in total. The second-order valence-electron chi connectivity index (χ2n) is 3.03. The minimum Gasteiger partial charge on any atom is -0.381 e. The summed E-state index contributed by atoms with van der Waals surface area (Å²) in [6.45, 7) is 1.96. The maximum absolute atomic E-state index is 8.51. The van der Waals surface area contributed by atoms with Crippen LogP contribution >= 0.6 is 27.5 Å². The molecule has 1 atom stereocenters. The predicted octanol–water partition coefficient (Wildman–Crippen LogP) is 3.82. The molecule has 0 saturated heterocycles. The van der Waals surface area contributed by atoms with Gasteiger partial charge in [0, 0.05) is 21.2 Å². The van der Waals surface area contributed by atoms with Crippen LogP contribution < -0.4 is 5.32 Å². The standard InChI is InChI=1S/C10H10BrClN2/c1-7(4-5-13)14-10-3-2-8(12)6-9(10)11/h2-3,6-7,14H,4H2,1H3. The van der Waals surface area contributed by atoms with Gasteiger partial charge in [0.25, 0.3) is 0 Å². The number of nitriles is 1. The summed E-state index contributed by atoms with van der Waals surface area (Å²) in [6, 6.07) is 7.78. The van der Waals surface area contributed by atoms with Crippen LogP contribution in [0.1, 0.15) is 13.3 Å². The lowest BCUT2D eigenvalue weighted by Crippen LogP contribution is -2.14. The maximum atomic E-state index is 8.51. The van der Waals surface area contributed by atoms with Crippen molar-refractivity contribution >= 4 is 33.2 Å². The van der Waals surface area contributed by atoms with Gasteiger partial charge in [-0.25, -0.2) is 0 Å². The number of benzene rings is 1. The molecule has 0 amide bonds. The lowest BCUT2D eigenvalue weighted by atomic mass is 10.2. The molecule has 0 spiro atoms. The van der Waals surface area contributed by atoms with Gasteiger partial charge in [-0.3, -0.25) is 0 Å². The highest BCUT2D eigenvalue weighted by molar-refractivity contribution is 9.10. The average Bonchev–Trinajstić information content (AvgIpc) is 2.10. The predicted molar refractivity (Wildman–Crippen MR) is 62.5 cm³/mol. The first-order chi connectivity index (χ1) is 6.63. The van der Waals surface area contributed by atoms with Gasteiger partial charge in [0.2, 0.25) is 0 Å². The van der Waals surface area contributed by atoms with Crippen LogP contribution in [0.2, 0.25) is 5.02 Å². The second-order valence-corrected chi connectivity index (χ2v) is 4.32. The van der Waals surface area contributed by atoms with E-state index in [4.69, 9.17) is 16.9 Å². The van der Waals surface area contributed by atoms with Gasteiger partial charge in [0.05, 0.1) is 12.5 Å². The highest BCUT2D eigenvalue weighted by Gasteiger charge is 2.04. The lowest BCUT2D eigenvalue weighted by Gasteiger charge is -2.13. The van der Waals surface area contributed by atoms with Crippen LogP contribution in [0.3, 0.4) is 0 Å². The highest BCUT2D eigenvalue weighted by atomic mass is 79.9. The second kappa shape index (κ2) is 5.23. The van der Waals surface area contributed by atoms with Crippen molar-refractivity contribution in [1.29, 1.82) is 5.26 Å². The zero-order valence-corrected chi connectivity index (χ0v) is 10.1. The fourth-order valence-corrected chi connectivity index (χ4v) is 1.86. The number of nitrogens with zero attached hydrogens (tertiary/aromatic N) is 1. The Kier molecular flexibility index (Phi) is 4.24. The summed E-state index contributed by atoms with van der Waals surface area (Å²) >= 11 is 9.20. The monoisotopic (exact) mass is 272 g/mol. The average molecular weight is 274 g/mol. The molecule has 0 heterocycles. The van der Waals surface area contributed by atoms with Crippen molar-refractivity contribution in [2.75, 3.05) is 5.32 Å². The molecule has 4 heteroatoms. The fraction of sp³-hybridized carbons (Fsp3) is 0.300. The van der Waals surface area contributed by atoms with Crippen LogP contribution in [0.25, 0.3) is 0 Å². The lowest BCUT2D eigenvalue weighted by molar-refractivity contribution is 0.820. The Hall–Kier alpha value is -0.720. The van der Waals surface area contributed by atoms with E-state index in [1.54, 1.807) is 0 Å². The molecule has 14 heavy (non-hydrogen) atoms. The summed E-state index contributed by atoms with van der Waals surface area (Å²) in [5.74, 6) is 0. The van der Waals surface area contributed by atoms with E-state index < -0.39 is 0 Å². The first-order valence-corrected chi connectivity index (χ1v) is 5.39. The summed E-state index contributed by atoms with van der Waals surface area (Å²) in [5.41, 5.74) is 0.956. The first-order valence-electron chi connectivity index (χ1n) is 4.22. The van der Waals surface area contributed by atoms with E-state index in [1.807, 2.05) is 25.1 Å². The van der Waals surface area contributed by atoms with E-state index in [2.05, 4.69) is 27.3 Å². The van der Waals surface area contributed by atoms with Crippen molar-refractivity contribution < 1.29 is 0 Å². The van der Waals surface area contributed by atoms with Crippen molar-refractivity contribution in [3.63, 3.8) is 0 Å². The summed E-state index contributed by atoms with van der Waals surface area (Å²) in [7, 11) is 0. The minimum atomic E-state index is 0.137. The molecule has 1 aromatic rings. The first kappa shape index (κ1) is 11.4. The Morgan fingerprint density at radius 2 is 2.36 bits per heavy atom. The molecule has 1 aromatic carbocycles. The third-order valence-corrected chi connectivity index (χ3v) is 2.62. The Labute approximate surface area is 97.0 Å². The molecule has 0 radical (unpaired) electrons. The molecule has 0 aliphatic rings. The zero-order chi connectivity index (χ0) is 10.6. The molecule has 0 bridgehead atoms. The minimum absolute atomic E-state index is 0.137. The third-order valence-electron chi connectivity index (χ3n) is 1.73. The van der Waals surface area contributed by atoms with Gasteiger partial charge in [0.1, 0.15) is 0 Å². The van der Waals surface area contributed by atoms with Crippen molar-refractivity contribution in [3.05, 3.63) is 27.7 Å². The molecule has 0 aliphatic carbocycles. The van der Waals surface area contributed by atoms with Gasteiger partial charge in [0.15, 0.2) is 0 Å². The molecule has 0 aliphatic heterocycles. The maximum Gasteiger partial charge on any atom is 0.0643 e. The third kappa shape index (κ3) is 3.21. The highest BCUT2D eigenvalue weighted by Crippen LogP contribution is 2.26. The van der Waals surface area contributed by atoms with Gasteiger partial charge >= 0.3 is 0 Å². The molecule has 1 rings (SSSR count). The van der Waals surface area contributed by atoms with Crippen LogP contribution in [-0.4, -0.2) is 6.04 Å². The van der Waals surface area contributed by atoms with E-state index >= 15 is 0 Å². The van der Waals surface area contributed by atoms with Crippen molar-refractivity contribution in [2.24, 2.45) is 0 Å². The molecule has 1 unspecified atom stereocenters. The van der Waals surface area contributed by atoms with Crippen LogP contribution in [0.15, 0.2) is 22.7 Å². The molecule has 2 nitrogen and oxygen atoms in total. The summed E-state index contributed by atoms with van der Waals surface area (Å²) in [6.07, 6.45) is 0.481. The van der Waals surface area contributed by atoms with Gasteiger partial charge in [-0.05, 0) is 41.1 Å². The van der Waals surface area contributed by atoms with E-state index in [0.717, 1.165) is 10.2 Å². The molecule has 0 aromatic heterocycles. The quantitative estimate of drug-likeness (QED) is 0.909. The number of nitrogens with one attached hydrogen (secondary N) is 1. The Morgan fingerprint density at radius 3 is 2.93 bits per heavy atom. The van der Waals surface area contributed by atoms with Gasteiger partial charge in [-0.15, -0.1) is 0 Å². The summed E-state index contributed by atoms with van der Waals surface area (Å²) in [4.78, 5) is 0. The number of hydrogen-bond donors (Lipinski definition) is 1. The van der Waals surface area contributed by atoms with Gasteiger partial charge in [-0.2, -0.15) is 5.26 Å². The largest absolute Gasteiger partial charge is 0.381 e. The van der Waals surface area contributed by atoms with Crippen LogP contribution in [0.5, 0.6) is 0 Å². The van der Waals surface area contributed by atoms with Crippen molar-refractivity contribution in [3.8, 4) is 6.07 Å². The Bertz CT molecular complexity index is 360. The number of rotatable bonds is 3. The zero-order valence-electron chi connectivity index (χ0n) is 7.72. The van der Waals surface area contributed by atoms with Crippen molar-refractivity contribution in [2.45, 2.75) is 19.4 Å². The normalized spacial score (nSPS) is 11.9. The van der Waals surface area contributed by atoms with Crippen LogP contribution in [0, 0.1) is 11.3 Å². The molecular weight excluding hydrogens is 263 g/mol. The smallest absolute Gasteiger partial charge is 0.0643 e. The SMILES string of the molecule is CC(CC#N)Nc1ccc(Cl)cc1Br. The van der Waals surface area contributed by atoms with Crippen LogP contribution in [-0.2, 0) is 0 Å². The van der Waals surface area contributed by atoms with Gasteiger partial charge in [-0.1, -0.05) is 11.6 Å². The van der Waals surface area contributed by atoms with Gasteiger partial charge < -0.3 is 5.32 Å².